The van der Waals surface area contributed by atoms with E-state index in [2.05, 4.69) is 42.3 Å². The molecule has 0 aliphatic rings. The largest absolute Gasteiger partial charge is 0.759 e. The Morgan fingerprint density at radius 2 is 0.952 bits per heavy atom. The quantitative estimate of drug-likeness (QED) is 0.364. The first-order valence-electron chi connectivity index (χ1n) is 6.38. The van der Waals surface area contributed by atoms with E-state index in [1.54, 1.807) is 14.2 Å². The van der Waals surface area contributed by atoms with E-state index in [0.717, 1.165) is 35.3 Å². The minimum atomic E-state index is -5.17. The number of likely N-dealkylation sites (N-methyl/N-ethyl adjacent to an activating group) is 2. The van der Waals surface area contributed by atoms with Gasteiger partial charge in [0.05, 0.1) is 55.5 Å². The molecule has 0 rings (SSSR count). The second-order valence-corrected chi connectivity index (χ2v) is 7.24. The maximum absolute atomic E-state index is 8.52. The highest BCUT2D eigenvalue weighted by atomic mass is 32.3. The van der Waals surface area contributed by atoms with Crippen LogP contribution in [0.25, 0.3) is 0 Å². The van der Waals surface area contributed by atoms with E-state index in [1.807, 2.05) is 0 Å². The molecule has 21 heavy (non-hydrogen) atoms. The molecule has 0 bridgehead atoms. The lowest BCUT2D eigenvalue weighted by molar-refractivity contribution is -0.870. The van der Waals surface area contributed by atoms with Crippen molar-refractivity contribution in [3.8, 4) is 0 Å². The zero-order chi connectivity index (χ0) is 17.7. The van der Waals surface area contributed by atoms with Gasteiger partial charge >= 0.3 is 0 Å². The van der Waals surface area contributed by atoms with E-state index in [-0.39, 0.29) is 0 Å². The van der Waals surface area contributed by atoms with Gasteiger partial charge < -0.3 is 27.5 Å². The molecule has 9 heteroatoms. The van der Waals surface area contributed by atoms with Crippen LogP contribution in [0.1, 0.15) is 0 Å². The van der Waals surface area contributed by atoms with Gasteiger partial charge in [-0.15, -0.1) is 0 Å². The highest BCUT2D eigenvalue weighted by Crippen LogP contribution is 1.87. The van der Waals surface area contributed by atoms with Crippen molar-refractivity contribution in [2.24, 2.45) is 0 Å². The van der Waals surface area contributed by atoms with Gasteiger partial charge in [-0.25, -0.2) is 0 Å². The fraction of sp³-hybridized carbons (Fsp3) is 1.00. The molecule has 0 aliphatic carbocycles. The maximum Gasteiger partial charge on any atom is 0.102 e. The average molecular weight is 332 g/mol. The van der Waals surface area contributed by atoms with E-state index >= 15 is 0 Å². The van der Waals surface area contributed by atoms with Gasteiger partial charge in [0.1, 0.15) is 13.1 Å². The Hall–Kier alpha value is -0.290. The van der Waals surface area contributed by atoms with Crippen LogP contribution >= 0.6 is 0 Å². The van der Waals surface area contributed by atoms with Crippen LogP contribution < -0.4 is 0 Å². The summed E-state index contributed by atoms with van der Waals surface area (Å²) in [6.45, 7) is 3.86. The monoisotopic (exact) mass is 332 g/mol. The van der Waals surface area contributed by atoms with Gasteiger partial charge in [0.15, 0.2) is 0 Å². The summed E-state index contributed by atoms with van der Waals surface area (Å²) in [5.41, 5.74) is 0. The predicted octanol–water partition coefficient (Wildman–Crippen LogP) is -0.660. The fourth-order valence-corrected chi connectivity index (χ4v) is 0.730. The molecule has 0 heterocycles. The fourth-order valence-electron chi connectivity index (χ4n) is 0.730. The Bertz CT molecular complexity index is 294. The third-order valence-corrected chi connectivity index (χ3v) is 1.93. The van der Waals surface area contributed by atoms with Crippen LogP contribution in [0.3, 0.4) is 0 Å². The number of ether oxygens (including phenoxy) is 2. The van der Waals surface area contributed by atoms with Gasteiger partial charge in [-0.05, 0) is 0 Å². The maximum atomic E-state index is 8.52. The predicted molar refractivity (Wildman–Crippen MR) is 80.0 cm³/mol. The summed E-state index contributed by atoms with van der Waals surface area (Å²) in [6, 6.07) is 0. The van der Waals surface area contributed by atoms with Gasteiger partial charge in [-0.1, -0.05) is 0 Å². The molecule has 8 nitrogen and oxygen atoms in total. The number of hydrogen-bond acceptors (Lipinski definition) is 6. The Morgan fingerprint density at radius 3 is 1.00 bits per heavy atom. The average Bonchev–Trinajstić information content (AvgIpc) is 2.20. The number of quaternary nitrogens is 2. The lowest BCUT2D eigenvalue weighted by atomic mass is 10.5. The summed E-state index contributed by atoms with van der Waals surface area (Å²) in [4.78, 5) is 0. The topological polar surface area (TPSA) is 98.7 Å². The summed E-state index contributed by atoms with van der Waals surface area (Å²) < 4.78 is 45.8. The van der Waals surface area contributed by atoms with Crippen LogP contribution in [0.2, 0.25) is 0 Å². The molecule has 0 unspecified atom stereocenters. The summed E-state index contributed by atoms with van der Waals surface area (Å²) in [6.07, 6.45) is 0. The van der Waals surface area contributed by atoms with Crippen molar-refractivity contribution >= 4 is 10.4 Å². The van der Waals surface area contributed by atoms with Gasteiger partial charge in [0.25, 0.3) is 0 Å². The number of nitrogens with zero attached hydrogens (tertiary/aromatic N) is 2. The van der Waals surface area contributed by atoms with Crippen LogP contribution in [0.5, 0.6) is 0 Å². The van der Waals surface area contributed by atoms with Crippen molar-refractivity contribution in [2.45, 2.75) is 0 Å². The molecule has 0 aromatic rings. The molecule has 0 amide bonds. The lowest BCUT2D eigenvalue weighted by Gasteiger charge is -2.22. The van der Waals surface area contributed by atoms with E-state index < -0.39 is 10.4 Å². The molecular weight excluding hydrogens is 300 g/mol. The van der Waals surface area contributed by atoms with E-state index in [0.29, 0.717) is 0 Å². The van der Waals surface area contributed by atoms with Crippen LogP contribution in [-0.2, 0) is 19.9 Å². The smallest absolute Gasteiger partial charge is 0.102 e. The summed E-state index contributed by atoms with van der Waals surface area (Å²) in [5.74, 6) is 0. The van der Waals surface area contributed by atoms with Crippen LogP contribution in [0.4, 0.5) is 0 Å². The first kappa shape index (κ1) is 25.7. The molecule has 0 saturated heterocycles. The second kappa shape index (κ2) is 12.3. The molecule has 0 N–H and O–H groups in total. The number of methoxy groups -OCH3 is 2. The summed E-state index contributed by atoms with van der Waals surface area (Å²) in [7, 11) is 11.2. The van der Waals surface area contributed by atoms with E-state index in [1.165, 1.54) is 0 Å². The molecule has 0 spiro atoms. The van der Waals surface area contributed by atoms with Crippen LogP contribution in [-0.4, -0.2) is 109 Å². The Labute approximate surface area is 130 Å². The highest BCUT2D eigenvalue weighted by Gasteiger charge is 2.04. The molecule has 0 fully saturated rings. The van der Waals surface area contributed by atoms with Crippen molar-refractivity contribution < 1.29 is 36.0 Å². The first-order valence-corrected chi connectivity index (χ1v) is 7.71. The number of rotatable bonds is 6. The van der Waals surface area contributed by atoms with Gasteiger partial charge in [-0.2, -0.15) is 0 Å². The first-order chi connectivity index (χ1) is 9.12. The van der Waals surface area contributed by atoms with Crippen molar-refractivity contribution in [1.29, 1.82) is 0 Å². The van der Waals surface area contributed by atoms with Crippen molar-refractivity contribution in [2.75, 3.05) is 82.8 Å². The van der Waals surface area contributed by atoms with Crippen molar-refractivity contribution in [3.63, 3.8) is 0 Å². The molecule has 0 aromatic heterocycles. The molecular formula is C12H32N2O6S. The van der Waals surface area contributed by atoms with Crippen LogP contribution in [0, 0.1) is 0 Å². The SMILES string of the molecule is COCC[N+](C)(C)C.COCC[N+](C)(C)C.O=S(=O)([O-])[O-]. The normalized spacial score (nSPS) is 11.9. The Kier molecular flexibility index (Phi) is 15.0. The van der Waals surface area contributed by atoms with Crippen molar-refractivity contribution in [3.05, 3.63) is 0 Å². The highest BCUT2D eigenvalue weighted by molar-refractivity contribution is 7.79. The Morgan fingerprint density at radius 1 is 0.762 bits per heavy atom. The zero-order valence-corrected chi connectivity index (χ0v) is 15.4. The molecule has 0 saturated carbocycles. The number of hydrogen-bond donors (Lipinski definition) is 0. The summed E-state index contributed by atoms with van der Waals surface area (Å²) >= 11 is 0. The minimum absolute atomic E-state index is 0.851. The third-order valence-electron chi connectivity index (χ3n) is 1.93. The zero-order valence-electron chi connectivity index (χ0n) is 14.6. The minimum Gasteiger partial charge on any atom is -0.759 e. The Balaban J connectivity index is -0.000000239. The van der Waals surface area contributed by atoms with Gasteiger partial charge in [0.2, 0.25) is 0 Å². The molecule has 0 atom stereocenters. The molecule has 0 radical (unpaired) electrons. The van der Waals surface area contributed by atoms with Crippen molar-refractivity contribution in [1.82, 2.24) is 0 Å². The molecule has 0 aromatic carbocycles. The molecule has 132 valence electrons. The van der Waals surface area contributed by atoms with Gasteiger partial charge in [-0.3, -0.25) is 8.42 Å². The van der Waals surface area contributed by atoms with Crippen LogP contribution in [0.15, 0.2) is 0 Å². The second-order valence-electron chi connectivity index (χ2n) is 6.42. The molecule has 0 aliphatic heterocycles. The lowest BCUT2D eigenvalue weighted by Crippen LogP contribution is -2.37. The van der Waals surface area contributed by atoms with Gasteiger partial charge in [0, 0.05) is 24.6 Å². The van der Waals surface area contributed by atoms with E-state index in [4.69, 9.17) is 27.0 Å². The standard InChI is InChI=1S/2C6H16NO.H2O4S/c2*1-7(2,3)5-6-8-4;1-5(2,3)4/h2*5-6H2,1-4H3;(H2,1,2,3,4)/q2*+1;/p-2. The third kappa shape index (κ3) is 65.6. The summed E-state index contributed by atoms with van der Waals surface area (Å²) in [5, 5.41) is 0. The van der Waals surface area contributed by atoms with E-state index in [9.17, 15) is 0 Å².